The van der Waals surface area contributed by atoms with E-state index in [1.807, 2.05) is 37.3 Å². The van der Waals surface area contributed by atoms with E-state index in [4.69, 9.17) is 9.47 Å². The molecule has 0 heterocycles. The van der Waals surface area contributed by atoms with E-state index >= 15 is 0 Å². The molecular formula is C18H20O3. The number of aryl methyl sites for hydroxylation is 2. The Balaban J connectivity index is 2.11. The molecule has 0 unspecified atom stereocenters. The molecule has 3 nitrogen and oxygen atoms in total. The highest BCUT2D eigenvalue weighted by atomic mass is 16.5. The van der Waals surface area contributed by atoms with Crippen molar-refractivity contribution in [1.29, 1.82) is 0 Å². The molecule has 2 rings (SSSR count). The van der Waals surface area contributed by atoms with Crippen LogP contribution in [0.5, 0.6) is 11.5 Å². The van der Waals surface area contributed by atoms with Gasteiger partial charge in [0, 0.05) is 12.0 Å². The van der Waals surface area contributed by atoms with Crippen LogP contribution in [0.2, 0.25) is 0 Å². The molecule has 0 aliphatic carbocycles. The van der Waals surface area contributed by atoms with Crippen molar-refractivity contribution in [3.05, 3.63) is 59.2 Å². The summed E-state index contributed by atoms with van der Waals surface area (Å²) in [6, 6.07) is 13.5. The van der Waals surface area contributed by atoms with Crippen LogP contribution in [-0.2, 0) is 11.4 Å². The van der Waals surface area contributed by atoms with Crippen LogP contribution >= 0.6 is 0 Å². The Bertz CT molecular complexity index is 632. The molecule has 0 bridgehead atoms. The van der Waals surface area contributed by atoms with Crippen molar-refractivity contribution in [3.63, 3.8) is 0 Å². The number of carbonyl (C=O) groups is 1. The van der Waals surface area contributed by atoms with Gasteiger partial charge in [0.15, 0.2) is 0 Å². The second-order valence-electron chi connectivity index (χ2n) is 4.99. The molecule has 21 heavy (non-hydrogen) atoms. The largest absolute Gasteiger partial charge is 0.488 e. The first-order valence-corrected chi connectivity index (χ1v) is 7.08. The van der Waals surface area contributed by atoms with Crippen molar-refractivity contribution < 1.29 is 14.3 Å². The molecule has 3 heteroatoms. The van der Waals surface area contributed by atoms with Gasteiger partial charge in [0.05, 0.1) is 0 Å². The fourth-order valence-electron chi connectivity index (χ4n) is 2.03. The Labute approximate surface area is 125 Å². The van der Waals surface area contributed by atoms with E-state index in [-0.39, 0.29) is 5.97 Å². The summed E-state index contributed by atoms with van der Waals surface area (Å²) in [6.45, 7) is 6.22. The SMILES string of the molecule is CCC(=O)Oc1ccccc1COc1ccc(C)cc1C. The van der Waals surface area contributed by atoms with E-state index in [1.54, 1.807) is 13.0 Å². The van der Waals surface area contributed by atoms with Gasteiger partial charge in [-0.25, -0.2) is 0 Å². The fraction of sp³-hybridized carbons (Fsp3) is 0.278. The zero-order valence-corrected chi connectivity index (χ0v) is 12.7. The van der Waals surface area contributed by atoms with Crippen LogP contribution < -0.4 is 9.47 Å². The highest BCUT2D eigenvalue weighted by molar-refractivity contribution is 5.72. The summed E-state index contributed by atoms with van der Waals surface area (Å²) < 4.78 is 11.2. The average molecular weight is 284 g/mol. The van der Waals surface area contributed by atoms with Gasteiger partial charge < -0.3 is 9.47 Å². The Kier molecular flexibility index (Phi) is 4.99. The second kappa shape index (κ2) is 6.93. The first-order chi connectivity index (χ1) is 10.1. The third kappa shape index (κ3) is 4.09. The molecule has 0 radical (unpaired) electrons. The summed E-state index contributed by atoms with van der Waals surface area (Å²) in [5.41, 5.74) is 3.16. The zero-order valence-electron chi connectivity index (χ0n) is 12.7. The minimum Gasteiger partial charge on any atom is -0.488 e. The first-order valence-electron chi connectivity index (χ1n) is 7.08. The molecule has 0 aromatic heterocycles. The van der Waals surface area contributed by atoms with E-state index < -0.39 is 0 Å². The minimum atomic E-state index is -0.242. The van der Waals surface area contributed by atoms with Gasteiger partial charge in [-0.1, -0.05) is 42.8 Å². The monoisotopic (exact) mass is 284 g/mol. The van der Waals surface area contributed by atoms with E-state index in [1.165, 1.54) is 5.56 Å². The molecular weight excluding hydrogens is 264 g/mol. The third-order valence-corrected chi connectivity index (χ3v) is 3.20. The van der Waals surface area contributed by atoms with Gasteiger partial charge in [0.25, 0.3) is 0 Å². The molecule has 0 saturated heterocycles. The van der Waals surface area contributed by atoms with E-state index in [9.17, 15) is 4.79 Å². The smallest absolute Gasteiger partial charge is 0.310 e. The van der Waals surface area contributed by atoms with Gasteiger partial charge in [-0.3, -0.25) is 4.79 Å². The molecule has 0 fully saturated rings. The predicted molar refractivity (Wildman–Crippen MR) is 82.6 cm³/mol. The number of ether oxygens (including phenoxy) is 2. The molecule has 110 valence electrons. The normalized spacial score (nSPS) is 10.2. The molecule has 0 saturated carbocycles. The quantitative estimate of drug-likeness (QED) is 0.610. The van der Waals surface area contributed by atoms with Crippen molar-refractivity contribution in [1.82, 2.24) is 0 Å². The van der Waals surface area contributed by atoms with Crippen LogP contribution in [0.1, 0.15) is 30.0 Å². The van der Waals surface area contributed by atoms with Crippen molar-refractivity contribution in [2.75, 3.05) is 0 Å². The van der Waals surface area contributed by atoms with Gasteiger partial charge in [-0.05, 0) is 31.5 Å². The molecule has 0 spiro atoms. The number of rotatable bonds is 5. The Morgan fingerprint density at radius 2 is 1.81 bits per heavy atom. The molecule has 2 aromatic rings. The van der Waals surface area contributed by atoms with Gasteiger partial charge in [-0.2, -0.15) is 0 Å². The van der Waals surface area contributed by atoms with Crippen LogP contribution in [0.3, 0.4) is 0 Å². The number of benzene rings is 2. The van der Waals surface area contributed by atoms with Crippen LogP contribution in [0.4, 0.5) is 0 Å². The highest BCUT2D eigenvalue weighted by Crippen LogP contribution is 2.23. The number of para-hydroxylation sites is 1. The van der Waals surface area contributed by atoms with Crippen molar-refractivity contribution in [2.45, 2.75) is 33.8 Å². The summed E-state index contributed by atoms with van der Waals surface area (Å²) in [7, 11) is 0. The molecule has 2 aromatic carbocycles. The lowest BCUT2D eigenvalue weighted by molar-refractivity contribution is -0.134. The predicted octanol–water partition coefficient (Wildman–Crippen LogP) is 4.20. The standard InChI is InChI=1S/C18H20O3/c1-4-18(19)21-17-8-6-5-7-15(17)12-20-16-10-9-13(2)11-14(16)3/h5-11H,4,12H2,1-3H3. The van der Waals surface area contributed by atoms with E-state index in [0.29, 0.717) is 18.8 Å². The highest BCUT2D eigenvalue weighted by Gasteiger charge is 2.08. The summed E-state index contributed by atoms with van der Waals surface area (Å²) in [4.78, 5) is 11.4. The lowest BCUT2D eigenvalue weighted by atomic mass is 10.1. The molecule has 0 aliphatic rings. The average Bonchev–Trinajstić information content (AvgIpc) is 2.47. The number of hydrogen-bond acceptors (Lipinski definition) is 3. The van der Waals surface area contributed by atoms with Gasteiger partial charge >= 0.3 is 5.97 Å². The maximum atomic E-state index is 11.4. The molecule has 0 N–H and O–H groups in total. The topological polar surface area (TPSA) is 35.5 Å². The third-order valence-electron chi connectivity index (χ3n) is 3.20. The van der Waals surface area contributed by atoms with E-state index in [2.05, 4.69) is 13.0 Å². The zero-order chi connectivity index (χ0) is 15.2. The number of hydrogen-bond donors (Lipinski definition) is 0. The maximum Gasteiger partial charge on any atom is 0.310 e. The first kappa shape index (κ1) is 15.1. The molecule has 0 atom stereocenters. The Hall–Kier alpha value is -2.29. The van der Waals surface area contributed by atoms with E-state index in [0.717, 1.165) is 16.9 Å². The van der Waals surface area contributed by atoms with Crippen molar-refractivity contribution in [2.24, 2.45) is 0 Å². The van der Waals surface area contributed by atoms with Crippen LogP contribution in [0.25, 0.3) is 0 Å². The Morgan fingerprint density at radius 3 is 2.52 bits per heavy atom. The fourth-order valence-corrected chi connectivity index (χ4v) is 2.03. The molecule has 0 aliphatic heterocycles. The van der Waals surface area contributed by atoms with Crippen LogP contribution in [-0.4, -0.2) is 5.97 Å². The lowest BCUT2D eigenvalue weighted by Gasteiger charge is -2.12. The minimum absolute atomic E-state index is 0.242. The number of esters is 1. The number of carbonyl (C=O) groups excluding carboxylic acids is 1. The summed E-state index contributed by atoms with van der Waals surface area (Å²) in [5.74, 6) is 1.17. The van der Waals surface area contributed by atoms with Gasteiger partial charge in [0.1, 0.15) is 18.1 Å². The lowest BCUT2D eigenvalue weighted by Crippen LogP contribution is -2.08. The summed E-state index contributed by atoms with van der Waals surface area (Å²) >= 11 is 0. The van der Waals surface area contributed by atoms with Crippen LogP contribution in [0, 0.1) is 13.8 Å². The van der Waals surface area contributed by atoms with Crippen molar-refractivity contribution >= 4 is 5.97 Å². The summed E-state index contributed by atoms with van der Waals surface area (Å²) in [6.07, 6.45) is 0.353. The summed E-state index contributed by atoms with van der Waals surface area (Å²) in [5, 5.41) is 0. The molecule has 0 amide bonds. The second-order valence-corrected chi connectivity index (χ2v) is 4.99. The van der Waals surface area contributed by atoms with Crippen molar-refractivity contribution in [3.8, 4) is 11.5 Å². The van der Waals surface area contributed by atoms with Gasteiger partial charge in [0.2, 0.25) is 0 Å². The van der Waals surface area contributed by atoms with Crippen LogP contribution in [0.15, 0.2) is 42.5 Å². The van der Waals surface area contributed by atoms with Gasteiger partial charge in [-0.15, -0.1) is 0 Å². The Morgan fingerprint density at radius 1 is 1.05 bits per heavy atom. The maximum absolute atomic E-state index is 11.4.